The Morgan fingerprint density at radius 2 is 2.33 bits per heavy atom. The third kappa shape index (κ3) is 3.25. The van der Waals surface area contributed by atoms with Gasteiger partial charge in [0.2, 0.25) is 0 Å². The molecule has 0 spiro atoms. The molecule has 0 aromatic heterocycles. The predicted octanol–water partition coefficient (Wildman–Crippen LogP) is 2.44. The summed E-state index contributed by atoms with van der Waals surface area (Å²) in [5.74, 6) is 0.602. The zero-order valence-electron chi connectivity index (χ0n) is 8.59. The Balaban J connectivity index is 2.81. The summed E-state index contributed by atoms with van der Waals surface area (Å²) in [6.07, 6.45) is 1.80. The predicted molar refractivity (Wildman–Crippen MR) is 64.3 cm³/mol. The van der Waals surface area contributed by atoms with Gasteiger partial charge in [-0.25, -0.2) is 0 Å². The average molecular weight is 272 g/mol. The van der Waals surface area contributed by atoms with E-state index >= 15 is 0 Å². The zero-order chi connectivity index (χ0) is 11.3. The van der Waals surface area contributed by atoms with Gasteiger partial charge < -0.3 is 15.2 Å². The maximum atomic E-state index is 9.59. The monoisotopic (exact) mass is 271 g/mol. The number of aromatic hydroxyl groups is 1. The van der Waals surface area contributed by atoms with Gasteiger partial charge in [0.15, 0.2) is 11.5 Å². The Kier molecular flexibility index (Phi) is 4.65. The van der Waals surface area contributed by atoms with E-state index in [1.165, 1.54) is 7.11 Å². The second-order valence-corrected chi connectivity index (χ2v) is 3.90. The van der Waals surface area contributed by atoms with Gasteiger partial charge in [-0.05, 0) is 33.6 Å². The molecular weight excluding hydrogens is 258 g/mol. The van der Waals surface area contributed by atoms with E-state index in [0.29, 0.717) is 16.8 Å². The molecule has 1 aromatic carbocycles. The van der Waals surface area contributed by atoms with Gasteiger partial charge in [-0.2, -0.15) is 0 Å². The second-order valence-electron chi connectivity index (χ2n) is 3.05. The van der Waals surface area contributed by atoms with E-state index < -0.39 is 0 Å². The summed E-state index contributed by atoms with van der Waals surface area (Å²) in [5, 5.41) is 12.8. The van der Waals surface area contributed by atoms with Crippen molar-refractivity contribution in [3.05, 3.63) is 34.8 Å². The molecule has 3 nitrogen and oxygen atoms in total. The van der Waals surface area contributed by atoms with Crippen molar-refractivity contribution in [2.75, 3.05) is 13.7 Å². The maximum absolute atomic E-state index is 9.59. The SMILES string of the molecule is C=CCNCc1cc(Br)c(O)c(OC)c1. The van der Waals surface area contributed by atoms with Crippen LogP contribution in [0.5, 0.6) is 11.5 Å². The molecule has 2 N–H and O–H groups in total. The fraction of sp³-hybridized carbons (Fsp3) is 0.273. The van der Waals surface area contributed by atoms with Crippen LogP contribution in [0.3, 0.4) is 0 Å². The molecule has 82 valence electrons. The highest BCUT2D eigenvalue weighted by Gasteiger charge is 2.07. The van der Waals surface area contributed by atoms with Crippen molar-refractivity contribution in [2.24, 2.45) is 0 Å². The van der Waals surface area contributed by atoms with Gasteiger partial charge in [0, 0.05) is 13.1 Å². The third-order valence-electron chi connectivity index (χ3n) is 1.93. The summed E-state index contributed by atoms with van der Waals surface area (Å²) < 4.78 is 5.68. The van der Waals surface area contributed by atoms with Gasteiger partial charge in [0.1, 0.15) is 0 Å². The number of phenols is 1. The minimum atomic E-state index is 0.130. The number of ether oxygens (including phenoxy) is 1. The van der Waals surface area contributed by atoms with Gasteiger partial charge in [-0.3, -0.25) is 0 Å². The fourth-order valence-electron chi connectivity index (χ4n) is 1.20. The Morgan fingerprint density at radius 1 is 1.60 bits per heavy atom. The lowest BCUT2D eigenvalue weighted by atomic mass is 10.2. The van der Waals surface area contributed by atoms with Crippen molar-refractivity contribution in [3.63, 3.8) is 0 Å². The molecule has 0 amide bonds. The van der Waals surface area contributed by atoms with Gasteiger partial charge >= 0.3 is 0 Å². The molecular formula is C11H14BrNO2. The summed E-state index contributed by atoms with van der Waals surface area (Å²) in [6, 6.07) is 3.66. The first-order valence-electron chi connectivity index (χ1n) is 4.56. The maximum Gasteiger partial charge on any atom is 0.172 e. The van der Waals surface area contributed by atoms with Crippen LogP contribution >= 0.6 is 15.9 Å². The highest BCUT2D eigenvalue weighted by atomic mass is 79.9. The van der Waals surface area contributed by atoms with Crippen LogP contribution < -0.4 is 10.1 Å². The first-order valence-corrected chi connectivity index (χ1v) is 5.35. The Bertz CT molecular complexity index is 353. The topological polar surface area (TPSA) is 41.5 Å². The second kappa shape index (κ2) is 5.78. The van der Waals surface area contributed by atoms with Gasteiger partial charge in [0.05, 0.1) is 11.6 Å². The normalized spacial score (nSPS) is 10.0. The van der Waals surface area contributed by atoms with Crippen LogP contribution in [0.25, 0.3) is 0 Å². The fourth-order valence-corrected chi connectivity index (χ4v) is 1.69. The van der Waals surface area contributed by atoms with Crippen molar-refractivity contribution in [1.29, 1.82) is 0 Å². The molecule has 0 unspecified atom stereocenters. The summed E-state index contributed by atoms with van der Waals surface area (Å²) in [5.41, 5.74) is 1.04. The van der Waals surface area contributed by atoms with E-state index in [2.05, 4.69) is 27.8 Å². The van der Waals surface area contributed by atoms with Crippen LogP contribution in [0.15, 0.2) is 29.3 Å². The summed E-state index contributed by atoms with van der Waals surface area (Å²) >= 11 is 3.27. The van der Waals surface area contributed by atoms with Crippen molar-refractivity contribution in [1.82, 2.24) is 5.32 Å². The molecule has 0 aliphatic heterocycles. The number of benzene rings is 1. The van der Waals surface area contributed by atoms with Crippen molar-refractivity contribution < 1.29 is 9.84 Å². The molecule has 1 aromatic rings. The summed E-state index contributed by atoms with van der Waals surface area (Å²) in [4.78, 5) is 0. The molecule has 0 radical (unpaired) electrons. The van der Waals surface area contributed by atoms with Gasteiger partial charge in [0.25, 0.3) is 0 Å². The van der Waals surface area contributed by atoms with Crippen LogP contribution in [0.4, 0.5) is 0 Å². The van der Waals surface area contributed by atoms with Crippen LogP contribution in [0, 0.1) is 0 Å². The molecule has 4 heteroatoms. The number of halogens is 1. The lowest BCUT2D eigenvalue weighted by Gasteiger charge is -2.09. The van der Waals surface area contributed by atoms with E-state index in [1.54, 1.807) is 12.1 Å². The lowest BCUT2D eigenvalue weighted by Crippen LogP contribution is -2.12. The molecule has 0 saturated carbocycles. The highest BCUT2D eigenvalue weighted by Crippen LogP contribution is 2.35. The van der Waals surface area contributed by atoms with Crippen LogP contribution in [0.1, 0.15) is 5.56 Å². The standard InChI is InChI=1S/C11H14BrNO2/c1-3-4-13-7-8-5-9(12)11(14)10(6-8)15-2/h3,5-6,13-14H,1,4,7H2,2H3. The largest absolute Gasteiger partial charge is 0.503 e. The molecule has 1 rings (SSSR count). The number of methoxy groups -OCH3 is 1. The first kappa shape index (κ1) is 12.1. The van der Waals surface area contributed by atoms with Crippen molar-refractivity contribution in [2.45, 2.75) is 6.54 Å². The summed E-state index contributed by atoms with van der Waals surface area (Å²) in [6.45, 7) is 5.08. The van der Waals surface area contributed by atoms with E-state index in [-0.39, 0.29) is 5.75 Å². The average Bonchev–Trinajstić information content (AvgIpc) is 2.23. The first-order chi connectivity index (χ1) is 7.19. The molecule has 0 saturated heterocycles. The van der Waals surface area contributed by atoms with Crippen LogP contribution in [0.2, 0.25) is 0 Å². The molecule has 0 aliphatic carbocycles. The Morgan fingerprint density at radius 3 is 2.93 bits per heavy atom. The highest BCUT2D eigenvalue weighted by molar-refractivity contribution is 9.10. The smallest absolute Gasteiger partial charge is 0.172 e. The Labute approximate surface area is 97.9 Å². The molecule has 0 bridgehead atoms. The van der Waals surface area contributed by atoms with Gasteiger partial charge in [-0.15, -0.1) is 6.58 Å². The van der Waals surface area contributed by atoms with Gasteiger partial charge in [-0.1, -0.05) is 6.08 Å². The number of nitrogens with one attached hydrogen (secondary N) is 1. The minimum Gasteiger partial charge on any atom is -0.503 e. The molecule has 0 heterocycles. The summed E-state index contributed by atoms with van der Waals surface area (Å²) in [7, 11) is 1.53. The Hall–Kier alpha value is -1.00. The minimum absolute atomic E-state index is 0.130. The quantitative estimate of drug-likeness (QED) is 0.639. The van der Waals surface area contributed by atoms with E-state index in [0.717, 1.165) is 12.1 Å². The van der Waals surface area contributed by atoms with Crippen LogP contribution in [-0.2, 0) is 6.54 Å². The number of hydrogen-bond acceptors (Lipinski definition) is 3. The van der Waals surface area contributed by atoms with Crippen molar-refractivity contribution >= 4 is 15.9 Å². The number of hydrogen-bond donors (Lipinski definition) is 2. The molecule has 0 atom stereocenters. The molecule has 15 heavy (non-hydrogen) atoms. The van der Waals surface area contributed by atoms with E-state index in [4.69, 9.17) is 4.74 Å². The van der Waals surface area contributed by atoms with E-state index in [9.17, 15) is 5.11 Å². The third-order valence-corrected chi connectivity index (χ3v) is 2.53. The number of phenolic OH excluding ortho intramolecular Hbond substituents is 1. The number of rotatable bonds is 5. The van der Waals surface area contributed by atoms with Crippen LogP contribution in [-0.4, -0.2) is 18.8 Å². The van der Waals surface area contributed by atoms with Crippen molar-refractivity contribution in [3.8, 4) is 11.5 Å². The lowest BCUT2D eigenvalue weighted by molar-refractivity contribution is 0.371. The zero-order valence-corrected chi connectivity index (χ0v) is 10.2. The van der Waals surface area contributed by atoms with E-state index in [1.807, 2.05) is 6.07 Å². The molecule has 0 aliphatic rings. The molecule has 0 fully saturated rings.